The molecule has 2 heterocycles. The number of aryl methyl sites for hydroxylation is 2. The molecule has 4 nitrogen and oxygen atoms in total. The number of fused-ring (bicyclic) bond motifs is 1. The third kappa shape index (κ3) is 3.39. The van der Waals surface area contributed by atoms with Gasteiger partial charge in [0.1, 0.15) is 5.82 Å². The van der Waals surface area contributed by atoms with Gasteiger partial charge in [0.2, 0.25) is 0 Å². The second kappa shape index (κ2) is 6.71. The second-order valence-electron chi connectivity index (χ2n) is 6.31. The predicted octanol–water partition coefficient (Wildman–Crippen LogP) is 3.42. The smallest absolute Gasteiger partial charge is 0.169 e. The number of piperidine rings is 1. The van der Waals surface area contributed by atoms with E-state index in [0.717, 1.165) is 54.4 Å². The molecule has 0 atom stereocenters. The Morgan fingerprint density at radius 3 is 2.78 bits per heavy atom. The number of aromatic amines is 1. The minimum Gasteiger partial charge on any atom is -0.359 e. The number of benzene rings is 1. The van der Waals surface area contributed by atoms with Crippen molar-refractivity contribution in [3.8, 4) is 0 Å². The van der Waals surface area contributed by atoms with E-state index in [1.807, 2.05) is 6.08 Å². The third-order valence-electron chi connectivity index (χ3n) is 4.68. The average molecular weight is 328 g/mol. The number of rotatable bonds is 3. The maximum absolute atomic E-state index is 5.42. The number of imidazole rings is 1. The van der Waals surface area contributed by atoms with E-state index in [9.17, 15) is 0 Å². The van der Waals surface area contributed by atoms with Crippen molar-refractivity contribution in [1.29, 1.82) is 0 Å². The largest absolute Gasteiger partial charge is 0.359 e. The summed E-state index contributed by atoms with van der Waals surface area (Å²) in [7, 11) is 0. The van der Waals surface area contributed by atoms with E-state index in [2.05, 4.69) is 47.8 Å². The topological polar surface area (TPSA) is 44.0 Å². The minimum atomic E-state index is 0.487. The van der Waals surface area contributed by atoms with Crippen LogP contribution < -0.4 is 5.32 Å². The van der Waals surface area contributed by atoms with Crippen molar-refractivity contribution in [1.82, 2.24) is 20.2 Å². The number of thiocarbonyl (C=S) groups is 1. The fourth-order valence-corrected chi connectivity index (χ4v) is 3.38. The highest BCUT2D eigenvalue weighted by Gasteiger charge is 2.24. The zero-order chi connectivity index (χ0) is 16.4. The lowest BCUT2D eigenvalue weighted by Crippen LogP contribution is -2.44. The normalized spacial score (nSPS) is 15.8. The summed E-state index contributed by atoms with van der Waals surface area (Å²) in [4.78, 5) is 10.6. The molecule has 0 aliphatic carbocycles. The van der Waals surface area contributed by atoms with Crippen molar-refractivity contribution in [3.05, 3.63) is 41.7 Å². The predicted molar refractivity (Wildman–Crippen MR) is 99.9 cm³/mol. The van der Waals surface area contributed by atoms with Crippen LogP contribution in [0.25, 0.3) is 11.0 Å². The van der Waals surface area contributed by atoms with Gasteiger partial charge in [-0.2, -0.15) is 0 Å². The SMILES string of the molecule is C=CCNC(=S)N1CCC(c2nc3cc(C)c(C)cc3[nH]2)CC1. The number of nitrogens with zero attached hydrogens (tertiary/aromatic N) is 2. The zero-order valence-electron chi connectivity index (χ0n) is 13.9. The fourth-order valence-electron chi connectivity index (χ4n) is 3.11. The average Bonchev–Trinajstić information content (AvgIpc) is 2.96. The first-order valence-corrected chi connectivity index (χ1v) is 8.60. The molecule has 0 radical (unpaired) electrons. The van der Waals surface area contributed by atoms with Crippen molar-refractivity contribution in [3.63, 3.8) is 0 Å². The number of aromatic nitrogens is 2. The Bertz CT molecular complexity index is 687. The van der Waals surface area contributed by atoms with E-state index in [0.29, 0.717) is 5.92 Å². The summed E-state index contributed by atoms with van der Waals surface area (Å²) in [5, 5.41) is 4.04. The standard InChI is InChI=1S/C18H24N4S/c1-4-7-19-18(23)22-8-5-14(6-9-22)17-20-15-10-12(2)13(3)11-16(15)21-17/h4,10-11,14H,1,5-9H2,2-3H3,(H,19,23)(H,20,21). The van der Waals surface area contributed by atoms with Gasteiger partial charge in [-0.05, 0) is 62.2 Å². The van der Waals surface area contributed by atoms with Gasteiger partial charge in [-0.15, -0.1) is 6.58 Å². The van der Waals surface area contributed by atoms with Crippen LogP contribution in [0.3, 0.4) is 0 Å². The summed E-state index contributed by atoms with van der Waals surface area (Å²) in [5.74, 6) is 1.61. The van der Waals surface area contributed by atoms with Gasteiger partial charge in [0, 0.05) is 25.6 Å². The Morgan fingerprint density at radius 1 is 1.39 bits per heavy atom. The van der Waals surface area contributed by atoms with Crippen LogP contribution in [0.2, 0.25) is 0 Å². The number of nitrogens with one attached hydrogen (secondary N) is 2. The molecule has 3 rings (SSSR count). The quantitative estimate of drug-likeness (QED) is 0.669. The Kier molecular flexibility index (Phi) is 4.66. The molecule has 0 unspecified atom stereocenters. The van der Waals surface area contributed by atoms with Gasteiger partial charge in [-0.25, -0.2) is 4.98 Å². The molecule has 1 fully saturated rings. The summed E-state index contributed by atoms with van der Waals surface area (Å²) in [5.41, 5.74) is 4.83. The first-order chi connectivity index (χ1) is 11.1. The van der Waals surface area contributed by atoms with E-state index in [-0.39, 0.29) is 0 Å². The fraction of sp³-hybridized carbons (Fsp3) is 0.444. The summed E-state index contributed by atoms with van der Waals surface area (Å²) in [6.07, 6.45) is 3.98. The first kappa shape index (κ1) is 16.0. The monoisotopic (exact) mass is 328 g/mol. The molecule has 0 saturated carbocycles. The van der Waals surface area contributed by atoms with Crippen molar-refractivity contribution in [2.24, 2.45) is 0 Å². The summed E-state index contributed by atoms with van der Waals surface area (Å²) >= 11 is 5.42. The molecular formula is C18H24N4S. The summed E-state index contributed by atoms with van der Waals surface area (Å²) in [6.45, 7) is 10.7. The highest BCUT2D eigenvalue weighted by atomic mass is 32.1. The van der Waals surface area contributed by atoms with Gasteiger partial charge in [-0.1, -0.05) is 6.08 Å². The molecule has 1 aliphatic rings. The highest BCUT2D eigenvalue weighted by Crippen LogP contribution is 2.28. The van der Waals surface area contributed by atoms with Crippen molar-refractivity contribution in [2.75, 3.05) is 19.6 Å². The molecule has 5 heteroatoms. The van der Waals surface area contributed by atoms with E-state index in [4.69, 9.17) is 17.2 Å². The van der Waals surface area contributed by atoms with E-state index in [1.165, 1.54) is 11.1 Å². The van der Waals surface area contributed by atoms with E-state index in [1.54, 1.807) is 0 Å². The molecule has 1 aliphatic heterocycles. The second-order valence-corrected chi connectivity index (χ2v) is 6.70. The van der Waals surface area contributed by atoms with Crippen molar-refractivity contribution >= 4 is 28.4 Å². The highest BCUT2D eigenvalue weighted by molar-refractivity contribution is 7.80. The molecular weight excluding hydrogens is 304 g/mol. The Balaban J connectivity index is 1.68. The molecule has 0 bridgehead atoms. The Morgan fingerprint density at radius 2 is 2.09 bits per heavy atom. The summed E-state index contributed by atoms with van der Waals surface area (Å²) in [6, 6.07) is 4.37. The molecule has 2 aromatic rings. The van der Waals surface area contributed by atoms with Gasteiger partial charge in [-0.3, -0.25) is 0 Å². The molecule has 23 heavy (non-hydrogen) atoms. The van der Waals surface area contributed by atoms with Crippen molar-refractivity contribution < 1.29 is 0 Å². The first-order valence-electron chi connectivity index (χ1n) is 8.19. The lowest BCUT2D eigenvalue weighted by Gasteiger charge is -2.33. The van der Waals surface area contributed by atoms with E-state index < -0.39 is 0 Å². The van der Waals surface area contributed by atoms with Crippen LogP contribution in [-0.2, 0) is 0 Å². The van der Waals surface area contributed by atoms with Crippen LogP contribution in [-0.4, -0.2) is 39.6 Å². The molecule has 0 spiro atoms. The van der Waals surface area contributed by atoms with Gasteiger partial charge >= 0.3 is 0 Å². The third-order valence-corrected chi connectivity index (χ3v) is 5.08. The molecule has 122 valence electrons. The van der Waals surface area contributed by atoms with Crippen LogP contribution in [0.15, 0.2) is 24.8 Å². The molecule has 0 amide bonds. The lowest BCUT2D eigenvalue weighted by molar-refractivity contribution is 0.305. The molecule has 1 saturated heterocycles. The van der Waals surface area contributed by atoms with Crippen molar-refractivity contribution in [2.45, 2.75) is 32.6 Å². The number of hydrogen-bond acceptors (Lipinski definition) is 2. The van der Waals surface area contributed by atoms with Crippen LogP contribution in [0, 0.1) is 13.8 Å². The van der Waals surface area contributed by atoms with Crippen LogP contribution in [0.4, 0.5) is 0 Å². The Hall–Kier alpha value is -1.88. The van der Waals surface area contributed by atoms with Gasteiger partial charge in [0.15, 0.2) is 5.11 Å². The van der Waals surface area contributed by atoms with Gasteiger partial charge in [0.25, 0.3) is 0 Å². The number of likely N-dealkylation sites (tertiary alicyclic amines) is 1. The molecule has 1 aromatic heterocycles. The Labute approximate surface area is 143 Å². The lowest BCUT2D eigenvalue weighted by atomic mass is 9.96. The number of H-pyrrole nitrogens is 1. The van der Waals surface area contributed by atoms with Gasteiger partial charge < -0.3 is 15.2 Å². The molecule has 1 aromatic carbocycles. The minimum absolute atomic E-state index is 0.487. The zero-order valence-corrected chi connectivity index (χ0v) is 14.7. The van der Waals surface area contributed by atoms with Crippen LogP contribution in [0.1, 0.15) is 35.7 Å². The maximum atomic E-state index is 5.42. The number of hydrogen-bond donors (Lipinski definition) is 2. The maximum Gasteiger partial charge on any atom is 0.169 e. The van der Waals surface area contributed by atoms with E-state index >= 15 is 0 Å². The van der Waals surface area contributed by atoms with Crippen LogP contribution >= 0.6 is 12.2 Å². The summed E-state index contributed by atoms with van der Waals surface area (Å²) < 4.78 is 0. The van der Waals surface area contributed by atoms with Gasteiger partial charge in [0.05, 0.1) is 11.0 Å². The molecule has 2 N–H and O–H groups in total. The van der Waals surface area contributed by atoms with Crippen LogP contribution in [0.5, 0.6) is 0 Å².